The molecule has 1 aromatic carbocycles. The largest absolute Gasteiger partial charge is 0.391 e. The number of alkyl halides is 3. The maximum atomic E-state index is 12.8. The summed E-state index contributed by atoms with van der Waals surface area (Å²) < 4.78 is 38.3. The third kappa shape index (κ3) is 2.86. The van der Waals surface area contributed by atoms with Crippen molar-refractivity contribution < 1.29 is 13.2 Å². The molecule has 1 aliphatic heterocycles. The zero-order chi connectivity index (χ0) is 13.3. The van der Waals surface area contributed by atoms with Crippen molar-refractivity contribution in [1.82, 2.24) is 5.32 Å². The highest BCUT2D eigenvalue weighted by Crippen LogP contribution is 2.38. The van der Waals surface area contributed by atoms with Crippen LogP contribution in [0.3, 0.4) is 0 Å². The third-order valence-corrected chi connectivity index (χ3v) is 3.67. The van der Waals surface area contributed by atoms with E-state index in [0.29, 0.717) is 6.54 Å². The van der Waals surface area contributed by atoms with Gasteiger partial charge in [0.15, 0.2) is 0 Å². The maximum absolute atomic E-state index is 12.8. The average Bonchev–Trinajstić information content (AvgIpc) is 2.28. The van der Waals surface area contributed by atoms with Crippen LogP contribution in [0.25, 0.3) is 0 Å². The maximum Gasteiger partial charge on any atom is 0.391 e. The van der Waals surface area contributed by atoms with Crippen LogP contribution in [0.15, 0.2) is 18.2 Å². The highest BCUT2D eigenvalue weighted by molar-refractivity contribution is 5.33. The first kappa shape index (κ1) is 13.4. The van der Waals surface area contributed by atoms with E-state index in [4.69, 9.17) is 0 Å². The highest BCUT2D eigenvalue weighted by atomic mass is 19.4. The van der Waals surface area contributed by atoms with Crippen molar-refractivity contribution >= 4 is 0 Å². The molecule has 2 unspecified atom stereocenters. The number of hydrogen-bond acceptors (Lipinski definition) is 1. The molecule has 0 amide bonds. The number of nitrogens with one attached hydrogen (secondary N) is 1. The molecule has 0 aliphatic carbocycles. The highest BCUT2D eigenvalue weighted by Gasteiger charge is 2.42. The molecule has 0 spiro atoms. The van der Waals surface area contributed by atoms with Crippen molar-refractivity contribution in [2.45, 2.75) is 38.9 Å². The molecule has 1 fully saturated rings. The van der Waals surface area contributed by atoms with Gasteiger partial charge in [0.05, 0.1) is 5.92 Å². The minimum atomic E-state index is -4.07. The summed E-state index contributed by atoms with van der Waals surface area (Å²) in [5, 5.41) is 3.20. The molecule has 1 N–H and O–H groups in total. The van der Waals surface area contributed by atoms with Crippen LogP contribution < -0.4 is 5.32 Å². The molecule has 1 nitrogen and oxygen atoms in total. The SMILES string of the molecule is Cc1ccc(C2CC(C(F)(F)F)CCN2)c(C)c1. The van der Waals surface area contributed by atoms with E-state index in [1.165, 1.54) is 0 Å². The van der Waals surface area contributed by atoms with E-state index in [-0.39, 0.29) is 18.9 Å². The normalized spacial score (nSPS) is 25.2. The van der Waals surface area contributed by atoms with Gasteiger partial charge in [0.25, 0.3) is 0 Å². The number of hydrogen-bond donors (Lipinski definition) is 1. The lowest BCUT2D eigenvalue weighted by Crippen LogP contribution is -2.38. The van der Waals surface area contributed by atoms with Gasteiger partial charge in [0, 0.05) is 6.04 Å². The molecular formula is C14H18F3N. The van der Waals surface area contributed by atoms with Crippen molar-refractivity contribution in [2.75, 3.05) is 6.54 Å². The Morgan fingerprint density at radius 1 is 1.22 bits per heavy atom. The summed E-state index contributed by atoms with van der Waals surface area (Å²) in [5.41, 5.74) is 3.20. The Kier molecular flexibility index (Phi) is 3.66. The smallest absolute Gasteiger partial charge is 0.310 e. The summed E-state index contributed by atoms with van der Waals surface area (Å²) in [6.07, 6.45) is -3.74. The Bertz CT molecular complexity index is 426. The van der Waals surface area contributed by atoms with E-state index in [0.717, 1.165) is 16.7 Å². The first-order valence-corrected chi connectivity index (χ1v) is 6.25. The van der Waals surface area contributed by atoms with E-state index in [1.807, 2.05) is 32.0 Å². The summed E-state index contributed by atoms with van der Waals surface area (Å²) in [7, 11) is 0. The van der Waals surface area contributed by atoms with Crippen molar-refractivity contribution in [1.29, 1.82) is 0 Å². The Morgan fingerprint density at radius 2 is 1.94 bits per heavy atom. The summed E-state index contributed by atoms with van der Waals surface area (Å²) in [6, 6.07) is 5.75. The number of rotatable bonds is 1. The van der Waals surface area contributed by atoms with Gasteiger partial charge >= 0.3 is 6.18 Å². The second-order valence-electron chi connectivity index (χ2n) is 5.13. The first-order valence-electron chi connectivity index (χ1n) is 6.25. The molecule has 1 heterocycles. The molecule has 1 aromatic rings. The van der Waals surface area contributed by atoms with Gasteiger partial charge < -0.3 is 5.32 Å². The molecule has 2 atom stereocenters. The van der Waals surface area contributed by atoms with Gasteiger partial charge in [0.2, 0.25) is 0 Å². The predicted octanol–water partition coefficient (Wildman–Crippen LogP) is 3.91. The zero-order valence-electron chi connectivity index (χ0n) is 10.6. The molecule has 100 valence electrons. The van der Waals surface area contributed by atoms with Crippen LogP contribution >= 0.6 is 0 Å². The van der Waals surface area contributed by atoms with E-state index in [2.05, 4.69) is 5.32 Å². The second kappa shape index (κ2) is 4.92. The van der Waals surface area contributed by atoms with E-state index < -0.39 is 12.1 Å². The minimum absolute atomic E-state index is 0.146. The van der Waals surface area contributed by atoms with Crippen LogP contribution in [0.5, 0.6) is 0 Å². The topological polar surface area (TPSA) is 12.0 Å². The van der Waals surface area contributed by atoms with E-state index in [1.54, 1.807) is 0 Å². The lowest BCUT2D eigenvalue weighted by atomic mass is 9.86. The minimum Gasteiger partial charge on any atom is -0.310 e. The molecule has 0 aromatic heterocycles. The van der Waals surface area contributed by atoms with Crippen LogP contribution in [0.2, 0.25) is 0 Å². The number of piperidine rings is 1. The molecule has 2 rings (SSSR count). The fourth-order valence-electron chi connectivity index (χ4n) is 2.67. The number of benzene rings is 1. The first-order chi connectivity index (χ1) is 8.38. The quantitative estimate of drug-likeness (QED) is 0.804. The third-order valence-electron chi connectivity index (χ3n) is 3.67. The Labute approximate surface area is 105 Å². The van der Waals surface area contributed by atoms with Crippen LogP contribution in [0, 0.1) is 19.8 Å². The van der Waals surface area contributed by atoms with Gasteiger partial charge in [0.1, 0.15) is 0 Å². The van der Waals surface area contributed by atoms with Gasteiger partial charge in [-0.05, 0) is 44.4 Å². The number of aryl methyl sites for hydroxylation is 2. The second-order valence-corrected chi connectivity index (χ2v) is 5.13. The van der Waals surface area contributed by atoms with Gasteiger partial charge in [-0.3, -0.25) is 0 Å². The standard InChI is InChI=1S/C14H18F3N/c1-9-3-4-12(10(2)7-9)13-8-11(5-6-18-13)14(15,16)17/h3-4,7,11,13,18H,5-6,8H2,1-2H3. The van der Waals surface area contributed by atoms with Crippen molar-refractivity contribution in [2.24, 2.45) is 5.92 Å². The summed E-state index contributed by atoms with van der Waals surface area (Å²) in [5.74, 6) is -1.18. The van der Waals surface area contributed by atoms with Gasteiger partial charge in [-0.1, -0.05) is 23.8 Å². The van der Waals surface area contributed by atoms with Crippen LogP contribution in [-0.2, 0) is 0 Å². The Morgan fingerprint density at radius 3 is 2.56 bits per heavy atom. The van der Waals surface area contributed by atoms with E-state index >= 15 is 0 Å². The molecule has 1 saturated heterocycles. The fourth-order valence-corrected chi connectivity index (χ4v) is 2.67. The van der Waals surface area contributed by atoms with Gasteiger partial charge in [-0.25, -0.2) is 0 Å². The van der Waals surface area contributed by atoms with Crippen LogP contribution in [0.4, 0.5) is 13.2 Å². The lowest BCUT2D eigenvalue weighted by Gasteiger charge is -2.32. The average molecular weight is 257 g/mol. The van der Waals surface area contributed by atoms with Crippen molar-refractivity contribution in [3.8, 4) is 0 Å². The molecule has 0 bridgehead atoms. The lowest BCUT2D eigenvalue weighted by molar-refractivity contribution is -0.183. The summed E-state index contributed by atoms with van der Waals surface area (Å²) in [4.78, 5) is 0. The molecule has 1 aliphatic rings. The predicted molar refractivity (Wildman–Crippen MR) is 65.4 cm³/mol. The van der Waals surface area contributed by atoms with Gasteiger partial charge in [-0.2, -0.15) is 13.2 Å². The molecule has 18 heavy (non-hydrogen) atoms. The Hall–Kier alpha value is -1.03. The summed E-state index contributed by atoms with van der Waals surface area (Å²) in [6.45, 7) is 4.38. The molecular weight excluding hydrogens is 239 g/mol. The molecule has 4 heteroatoms. The fraction of sp³-hybridized carbons (Fsp3) is 0.571. The zero-order valence-corrected chi connectivity index (χ0v) is 10.6. The molecule has 0 saturated carbocycles. The van der Waals surface area contributed by atoms with Crippen molar-refractivity contribution in [3.05, 3.63) is 34.9 Å². The Balaban J connectivity index is 2.18. The molecule has 0 radical (unpaired) electrons. The monoisotopic (exact) mass is 257 g/mol. The van der Waals surface area contributed by atoms with Crippen molar-refractivity contribution in [3.63, 3.8) is 0 Å². The van der Waals surface area contributed by atoms with E-state index in [9.17, 15) is 13.2 Å². The summed E-state index contributed by atoms with van der Waals surface area (Å²) >= 11 is 0. The van der Waals surface area contributed by atoms with Crippen LogP contribution in [-0.4, -0.2) is 12.7 Å². The number of halogens is 3. The van der Waals surface area contributed by atoms with Crippen LogP contribution in [0.1, 0.15) is 35.6 Å². The van der Waals surface area contributed by atoms with Gasteiger partial charge in [-0.15, -0.1) is 0 Å².